The first kappa shape index (κ1) is 17.8. The minimum Gasteiger partial charge on any atom is -0.467 e. The molecule has 1 amide bonds. The van der Waals surface area contributed by atoms with Crippen molar-refractivity contribution in [1.82, 2.24) is 19.9 Å². The summed E-state index contributed by atoms with van der Waals surface area (Å²) in [5.41, 5.74) is 1.34. The third-order valence-electron chi connectivity index (χ3n) is 4.40. The molecule has 0 aliphatic carbocycles. The van der Waals surface area contributed by atoms with Crippen molar-refractivity contribution >= 4 is 18.0 Å². The smallest absolute Gasteiger partial charge is 0.328 e. The fourth-order valence-electron chi connectivity index (χ4n) is 3.05. The van der Waals surface area contributed by atoms with Gasteiger partial charge in [0.2, 0.25) is 0 Å². The largest absolute Gasteiger partial charge is 0.467 e. The first-order valence-electron chi connectivity index (χ1n) is 8.69. The number of methoxy groups -OCH3 is 1. The Morgan fingerprint density at radius 2 is 2.08 bits per heavy atom. The first-order valence-corrected chi connectivity index (χ1v) is 8.69. The summed E-state index contributed by atoms with van der Waals surface area (Å²) < 4.78 is 6.42. The Kier molecular flexibility index (Phi) is 5.78. The van der Waals surface area contributed by atoms with Crippen molar-refractivity contribution in [3.8, 4) is 0 Å². The lowest BCUT2D eigenvalue weighted by Crippen LogP contribution is -2.48. The molecule has 2 aromatic rings. The number of amides is 1. The Morgan fingerprint density at radius 3 is 2.85 bits per heavy atom. The molecule has 2 heterocycles. The van der Waals surface area contributed by atoms with Crippen LogP contribution in [0.4, 0.5) is 0 Å². The number of benzene rings is 1. The Hall–Kier alpha value is -2.96. The average Bonchev–Trinajstić information content (AvgIpc) is 3.16. The molecule has 1 saturated heterocycles. The summed E-state index contributed by atoms with van der Waals surface area (Å²) >= 11 is 0. The van der Waals surface area contributed by atoms with E-state index in [4.69, 9.17) is 4.74 Å². The lowest BCUT2D eigenvalue weighted by atomic mass is 10.0. The molecule has 0 N–H and O–H groups in total. The standard InChI is InChI=1S/C19H22N4O3/c1-26-19(25)17-11-5-6-13-23(17)18(24)16-14-22(21-20-16)12-7-10-15-8-3-2-4-9-15/h2-4,7-10,14,17H,5-6,11-13H2,1H3. The van der Waals surface area contributed by atoms with Crippen LogP contribution in [0.1, 0.15) is 35.3 Å². The van der Waals surface area contributed by atoms with Gasteiger partial charge in [-0.15, -0.1) is 5.10 Å². The van der Waals surface area contributed by atoms with E-state index in [1.54, 1.807) is 15.8 Å². The number of nitrogens with zero attached hydrogens (tertiary/aromatic N) is 4. The van der Waals surface area contributed by atoms with Gasteiger partial charge in [-0.1, -0.05) is 47.7 Å². The Labute approximate surface area is 152 Å². The summed E-state index contributed by atoms with van der Waals surface area (Å²) in [6.07, 6.45) is 7.94. The topological polar surface area (TPSA) is 77.3 Å². The Balaban J connectivity index is 1.65. The zero-order valence-corrected chi connectivity index (χ0v) is 14.7. The van der Waals surface area contributed by atoms with E-state index in [1.165, 1.54) is 7.11 Å². The zero-order chi connectivity index (χ0) is 18.4. The molecule has 1 atom stereocenters. The highest BCUT2D eigenvalue weighted by Gasteiger charge is 2.34. The van der Waals surface area contributed by atoms with Crippen molar-refractivity contribution < 1.29 is 14.3 Å². The van der Waals surface area contributed by atoms with E-state index in [9.17, 15) is 9.59 Å². The fourth-order valence-corrected chi connectivity index (χ4v) is 3.05. The first-order chi connectivity index (χ1) is 12.7. The lowest BCUT2D eigenvalue weighted by molar-refractivity contribution is -0.147. The molecule has 0 spiro atoms. The summed E-state index contributed by atoms with van der Waals surface area (Å²) in [5, 5.41) is 7.98. The second-order valence-electron chi connectivity index (χ2n) is 6.17. The highest BCUT2D eigenvalue weighted by atomic mass is 16.5. The minimum absolute atomic E-state index is 0.244. The van der Waals surface area contributed by atoms with Gasteiger partial charge in [-0.05, 0) is 24.8 Å². The van der Waals surface area contributed by atoms with Gasteiger partial charge in [-0.2, -0.15) is 0 Å². The number of aromatic nitrogens is 3. The molecule has 136 valence electrons. The van der Waals surface area contributed by atoms with Crippen molar-refractivity contribution in [3.05, 3.63) is 53.9 Å². The van der Waals surface area contributed by atoms with E-state index in [1.807, 2.05) is 42.5 Å². The molecule has 1 aliphatic rings. The maximum atomic E-state index is 12.7. The number of hydrogen-bond acceptors (Lipinski definition) is 5. The van der Waals surface area contributed by atoms with Crippen LogP contribution in [0, 0.1) is 0 Å². The van der Waals surface area contributed by atoms with Crippen LogP contribution < -0.4 is 0 Å². The summed E-state index contributed by atoms with van der Waals surface area (Å²) in [4.78, 5) is 26.2. The molecular weight excluding hydrogens is 332 g/mol. The summed E-state index contributed by atoms with van der Waals surface area (Å²) in [6, 6.07) is 9.40. The molecule has 1 aromatic heterocycles. The quantitative estimate of drug-likeness (QED) is 0.769. The number of allylic oxidation sites excluding steroid dienone is 1. The van der Waals surface area contributed by atoms with Crippen LogP contribution in [0.2, 0.25) is 0 Å². The number of carbonyl (C=O) groups is 2. The molecule has 0 bridgehead atoms. The van der Waals surface area contributed by atoms with Crippen LogP contribution in [0.3, 0.4) is 0 Å². The van der Waals surface area contributed by atoms with Crippen molar-refractivity contribution in [2.75, 3.05) is 13.7 Å². The molecule has 1 aliphatic heterocycles. The van der Waals surface area contributed by atoms with Gasteiger partial charge in [0, 0.05) is 6.54 Å². The minimum atomic E-state index is -0.538. The van der Waals surface area contributed by atoms with Crippen LogP contribution in [0.15, 0.2) is 42.6 Å². The number of ether oxygens (including phenoxy) is 1. The number of hydrogen-bond donors (Lipinski definition) is 0. The maximum absolute atomic E-state index is 12.7. The number of likely N-dealkylation sites (tertiary alicyclic amines) is 1. The molecule has 7 nitrogen and oxygen atoms in total. The van der Waals surface area contributed by atoms with Gasteiger partial charge in [0.15, 0.2) is 5.69 Å². The summed E-state index contributed by atoms with van der Waals surface area (Å²) in [6.45, 7) is 1.04. The van der Waals surface area contributed by atoms with Crippen LogP contribution >= 0.6 is 0 Å². The van der Waals surface area contributed by atoms with E-state index in [-0.39, 0.29) is 17.6 Å². The second kappa shape index (κ2) is 8.42. The van der Waals surface area contributed by atoms with E-state index in [0.29, 0.717) is 19.5 Å². The Morgan fingerprint density at radius 1 is 1.27 bits per heavy atom. The van der Waals surface area contributed by atoms with Gasteiger partial charge in [-0.3, -0.25) is 4.79 Å². The molecular formula is C19H22N4O3. The van der Waals surface area contributed by atoms with Gasteiger partial charge in [-0.25, -0.2) is 9.48 Å². The third kappa shape index (κ3) is 4.17. The molecule has 26 heavy (non-hydrogen) atoms. The van der Waals surface area contributed by atoms with Crippen LogP contribution in [-0.4, -0.2) is 51.5 Å². The van der Waals surface area contributed by atoms with Crippen molar-refractivity contribution in [2.24, 2.45) is 0 Å². The van der Waals surface area contributed by atoms with Crippen molar-refractivity contribution in [1.29, 1.82) is 0 Å². The number of esters is 1. The molecule has 1 unspecified atom stereocenters. The van der Waals surface area contributed by atoms with Gasteiger partial charge in [0.25, 0.3) is 5.91 Å². The predicted octanol–water partition coefficient (Wildman–Crippen LogP) is 2.16. The van der Waals surface area contributed by atoms with Crippen molar-refractivity contribution in [2.45, 2.75) is 31.8 Å². The lowest BCUT2D eigenvalue weighted by Gasteiger charge is -2.33. The highest BCUT2D eigenvalue weighted by molar-refractivity contribution is 5.95. The van der Waals surface area contributed by atoms with Gasteiger partial charge < -0.3 is 9.64 Å². The Bertz CT molecular complexity index is 785. The molecule has 1 fully saturated rings. The maximum Gasteiger partial charge on any atom is 0.328 e. The molecule has 3 rings (SSSR count). The number of rotatable bonds is 5. The van der Waals surface area contributed by atoms with Crippen LogP contribution in [0.25, 0.3) is 6.08 Å². The van der Waals surface area contributed by atoms with E-state index in [2.05, 4.69) is 10.3 Å². The van der Waals surface area contributed by atoms with Crippen LogP contribution in [-0.2, 0) is 16.1 Å². The van der Waals surface area contributed by atoms with Gasteiger partial charge in [0.05, 0.1) is 19.9 Å². The molecule has 0 saturated carbocycles. The van der Waals surface area contributed by atoms with E-state index >= 15 is 0 Å². The summed E-state index contributed by atoms with van der Waals surface area (Å²) in [5.74, 6) is -0.658. The second-order valence-corrected chi connectivity index (χ2v) is 6.17. The van der Waals surface area contributed by atoms with Gasteiger partial charge >= 0.3 is 5.97 Å². The summed E-state index contributed by atoms with van der Waals surface area (Å²) in [7, 11) is 1.34. The monoisotopic (exact) mass is 354 g/mol. The van der Waals surface area contributed by atoms with E-state index < -0.39 is 6.04 Å². The third-order valence-corrected chi connectivity index (χ3v) is 4.40. The number of piperidine rings is 1. The SMILES string of the molecule is COC(=O)C1CCCCN1C(=O)c1cn(CC=Cc2ccccc2)nn1. The fraction of sp³-hybridized carbons (Fsp3) is 0.368. The normalized spacial score (nSPS) is 17.4. The molecule has 7 heteroatoms. The predicted molar refractivity (Wildman–Crippen MR) is 96.2 cm³/mol. The molecule has 1 aromatic carbocycles. The van der Waals surface area contributed by atoms with E-state index in [0.717, 1.165) is 18.4 Å². The number of carbonyl (C=O) groups excluding carboxylic acids is 2. The highest BCUT2D eigenvalue weighted by Crippen LogP contribution is 2.20. The van der Waals surface area contributed by atoms with Crippen LogP contribution in [0.5, 0.6) is 0 Å². The van der Waals surface area contributed by atoms with Gasteiger partial charge in [0.1, 0.15) is 6.04 Å². The van der Waals surface area contributed by atoms with Crippen molar-refractivity contribution in [3.63, 3.8) is 0 Å². The average molecular weight is 354 g/mol. The zero-order valence-electron chi connectivity index (χ0n) is 14.7. The molecule has 0 radical (unpaired) electrons.